The maximum Gasteiger partial charge on any atom is 0.153 e. The molecule has 0 spiro atoms. The minimum absolute atomic E-state index is 0.101. The standard InChI is InChI=1S/C7H13NO3S/c9-7(1-2-7)6-5-12(10,11)4-3-8-6/h6,8-9H,1-5H2. The molecule has 0 radical (unpaired) electrons. The predicted molar refractivity (Wildman–Crippen MR) is 44.6 cm³/mol. The number of hydrogen-bond acceptors (Lipinski definition) is 4. The smallest absolute Gasteiger partial charge is 0.153 e. The first kappa shape index (κ1) is 8.47. The van der Waals surface area contributed by atoms with Crippen LogP contribution < -0.4 is 5.32 Å². The summed E-state index contributed by atoms with van der Waals surface area (Å²) >= 11 is 0. The molecule has 70 valence electrons. The lowest BCUT2D eigenvalue weighted by Gasteiger charge is -2.27. The van der Waals surface area contributed by atoms with E-state index < -0.39 is 15.4 Å². The van der Waals surface area contributed by atoms with Crippen LogP contribution in [0.15, 0.2) is 0 Å². The highest BCUT2D eigenvalue weighted by Crippen LogP contribution is 2.39. The van der Waals surface area contributed by atoms with Gasteiger partial charge in [0.2, 0.25) is 0 Å². The van der Waals surface area contributed by atoms with Crippen molar-refractivity contribution in [1.82, 2.24) is 5.32 Å². The Hall–Kier alpha value is -0.130. The van der Waals surface area contributed by atoms with E-state index in [2.05, 4.69) is 5.32 Å². The van der Waals surface area contributed by atoms with Crippen LogP contribution in [0.4, 0.5) is 0 Å². The first-order valence-corrected chi connectivity index (χ1v) is 6.00. The van der Waals surface area contributed by atoms with Gasteiger partial charge < -0.3 is 10.4 Å². The molecule has 2 N–H and O–H groups in total. The summed E-state index contributed by atoms with van der Waals surface area (Å²) in [5.41, 5.74) is -0.715. The topological polar surface area (TPSA) is 66.4 Å². The molecule has 1 saturated heterocycles. The first-order valence-electron chi connectivity index (χ1n) is 4.18. The van der Waals surface area contributed by atoms with Crippen molar-refractivity contribution in [3.8, 4) is 0 Å². The van der Waals surface area contributed by atoms with Crippen LogP contribution in [0.25, 0.3) is 0 Å². The van der Waals surface area contributed by atoms with Crippen molar-refractivity contribution in [3.63, 3.8) is 0 Å². The van der Waals surface area contributed by atoms with Crippen LogP contribution in [-0.4, -0.2) is 43.2 Å². The van der Waals surface area contributed by atoms with Gasteiger partial charge in [0, 0.05) is 12.6 Å². The van der Waals surface area contributed by atoms with Crippen LogP contribution in [0.1, 0.15) is 12.8 Å². The Balaban J connectivity index is 2.09. The van der Waals surface area contributed by atoms with E-state index in [1.165, 1.54) is 0 Å². The van der Waals surface area contributed by atoms with Gasteiger partial charge in [-0.3, -0.25) is 0 Å². The average molecular weight is 191 g/mol. The molecule has 1 aliphatic heterocycles. The van der Waals surface area contributed by atoms with Crippen molar-refractivity contribution in [2.45, 2.75) is 24.5 Å². The van der Waals surface area contributed by atoms with Gasteiger partial charge in [-0.1, -0.05) is 0 Å². The highest BCUT2D eigenvalue weighted by molar-refractivity contribution is 7.91. The summed E-state index contributed by atoms with van der Waals surface area (Å²) in [5, 5.41) is 12.7. The van der Waals surface area contributed by atoms with Crippen LogP contribution in [0, 0.1) is 0 Å². The maximum atomic E-state index is 11.2. The molecule has 0 aromatic rings. The zero-order valence-corrected chi connectivity index (χ0v) is 7.60. The first-order chi connectivity index (χ1) is 5.52. The molecule has 2 rings (SSSR count). The molecule has 12 heavy (non-hydrogen) atoms. The van der Waals surface area contributed by atoms with Crippen molar-refractivity contribution in [1.29, 1.82) is 0 Å². The molecule has 0 amide bonds. The van der Waals surface area contributed by atoms with E-state index in [1.54, 1.807) is 0 Å². The Morgan fingerprint density at radius 1 is 1.42 bits per heavy atom. The summed E-state index contributed by atoms with van der Waals surface area (Å²) in [6.07, 6.45) is 1.47. The quantitative estimate of drug-likeness (QED) is 0.552. The van der Waals surface area contributed by atoms with E-state index in [1.807, 2.05) is 0 Å². The molecule has 0 bridgehead atoms. The Bertz CT molecular complexity index is 281. The van der Waals surface area contributed by atoms with Gasteiger partial charge in [-0.15, -0.1) is 0 Å². The fourth-order valence-corrected chi connectivity index (χ4v) is 3.14. The average Bonchev–Trinajstić information content (AvgIpc) is 2.67. The van der Waals surface area contributed by atoms with Crippen molar-refractivity contribution < 1.29 is 13.5 Å². The number of rotatable bonds is 1. The molecular formula is C7H13NO3S. The van der Waals surface area contributed by atoms with Gasteiger partial charge >= 0.3 is 0 Å². The Labute approximate surface area is 71.9 Å². The molecule has 0 aromatic heterocycles. The Kier molecular flexibility index (Phi) is 1.72. The van der Waals surface area contributed by atoms with Crippen molar-refractivity contribution in [2.24, 2.45) is 0 Å². The lowest BCUT2D eigenvalue weighted by atomic mass is 10.1. The van der Waals surface area contributed by atoms with Crippen molar-refractivity contribution in [3.05, 3.63) is 0 Å². The zero-order valence-electron chi connectivity index (χ0n) is 6.78. The van der Waals surface area contributed by atoms with Gasteiger partial charge in [-0.25, -0.2) is 8.42 Å². The van der Waals surface area contributed by atoms with Crippen LogP contribution >= 0.6 is 0 Å². The van der Waals surface area contributed by atoms with Gasteiger partial charge in [0.25, 0.3) is 0 Å². The number of sulfone groups is 1. The van der Waals surface area contributed by atoms with E-state index in [9.17, 15) is 13.5 Å². The van der Waals surface area contributed by atoms with Crippen molar-refractivity contribution in [2.75, 3.05) is 18.1 Å². The van der Waals surface area contributed by atoms with Gasteiger partial charge in [0.05, 0.1) is 17.1 Å². The minimum atomic E-state index is -2.90. The molecule has 2 fully saturated rings. The number of aliphatic hydroxyl groups is 1. The van der Waals surface area contributed by atoms with E-state index in [0.717, 1.165) is 12.8 Å². The Morgan fingerprint density at radius 2 is 2.08 bits per heavy atom. The molecule has 4 nitrogen and oxygen atoms in total. The zero-order chi connectivity index (χ0) is 8.82. The fraction of sp³-hybridized carbons (Fsp3) is 1.00. The number of nitrogens with one attached hydrogen (secondary N) is 1. The van der Waals surface area contributed by atoms with Gasteiger partial charge in [0.1, 0.15) is 0 Å². The van der Waals surface area contributed by atoms with Crippen LogP contribution in [-0.2, 0) is 9.84 Å². The summed E-state index contributed by atoms with van der Waals surface area (Å²) in [6.45, 7) is 0.481. The molecule has 1 atom stereocenters. The third kappa shape index (κ3) is 1.48. The molecule has 1 heterocycles. The summed E-state index contributed by atoms with van der Waals surface area (Å²) in [4.78, 5) is 0. The molecular weight excluding hydrogens is 178 g/mol. The van der Waals surface area contributed by atoms with Gasteiger partial charge in [-0.2, -0.15) is 0 Å². The predicted octanol–water partition coefficient (Wildman–Crippen LogP) is -1.10. The Morgan fingerprint density at radius 3 is 2.58 bits per heavy atom. The van der Waals surface area contributed by atoms with E-state index >= 15 is 0 Å². The summed E-state index contributed by atoms with van der Waals surface area (Å²) in [5.74, 6) is 0.309. The molecule has 1 unspecified atom stereocenters. The lowest BCUT2D eigenvalue weighted by molar-refractivity contribution is 0.110. The summed E-state index contributed by atoms with van der Waals surface area (Å²) < 4.78 is 22.4. The van der Waals surface area contributed by atoms with Crippen LogP contribution in [0.3, 0.4) is 0 Å². The normalized spacial score (nSPS) is 37.6. The molecule has 1 saturated carbocycles. The third-order valence-electron chi connectivity index (χ3n) is 2.64. The molecule has 0 aromatic carbocycles. The second-order valence-corrected chi connectivity index (χ2v) is 5.95. The SMILES string of the molecule is O=S1(=O)CCNC(C2(O)CC2)C1. The second-order valence-electron chi connectivity index (χ2n) is 3.72. The van der Waals surface area contributed by atoms with Crippen LogP contribution in [0.2, 0.25) is 0 Å². The highest BCUT2D eigenvalue weighted by atomic mass is 32.2. The van der Waals surface area contributed by atoms with E-state index in [0.29, 0.717) is 6.54 Å². The summed E-state index contributed by atoms with van der Waals surface area (Å²) in [6, 6.07) is -0.226. The minimum Gasteiger partial charge on any atom is -0.388 e. The van der Waals surface area contributed by atoms with Crippen LogP contribution in [0.5, 0.6) is 0 Å². The fourth-order valence-electron chi connectivity index (χ4n) is 1.61. The molecule has 2 aliphatic rings. The summed E-state index contributed by atoms with van der Waals surface area (Å²) in [7, 11) is -2.90. The monoisotopic (exact) mass is 191 g/mol. The van der Waals surface area contributed by atoms with Gasteiger partial charge in [0.15, 0.2) is 9.84 Å². The van der Waals surface area contributed by atoms with E-state index in [4.69, 9.17) is 0 Å². The molecule has 1 aliphatic carbocycles. The highest BCUT2D eigenvalue weighted by Gasteiger charge is 2.50. The lowest BCUT2D eigenvalue weighted by Crippen LogP contribution is -2.52. The third-order valence-corrected chi connectivity index (χ3v) is 4.30. The number of hydrogen-bond donors (Lipinski definition) is 2. The van der Waals surface area contributed by atoms with E-state index in [-0.39, 0.29) is 17.5 Å². The van der Waals surface area contributed by atoms with Gasteiger partial charge in [-0.05, 0) is 12.8 Å². The maximum absolute atomic E-state index is 11.2. The largest absolute Gasteiger partial charge is 0.388 e. The second kappa shape index (κ2) is 2.43. The van der Waals surface area contributed by atoms with Crippen molar-refractivity contribution >= 4 is 9.84 Å². The molecule has 5 heteroatoms.